The van der Waals surface area contributed by atoms with E-state index >= 15 is 0 Å². The third-order valence-corrected chi connectivity index (χ3v) is 4.51. The van der Waals surface area contributed by atoms with Crippen molar-refractivity contribution in [2.45, 2.75) is 38.6 Å². The van der Waals surface area contributed by atoms with Gasteiger partial charge in [-0.25, -0.2) is 9.97 Å². The highest BCUT2D eigenvalue weighted by molar-refractivity contribution is 6.31. The van der Waals surface area contributed by atoms with Crippen molar-refractivity contribution in [1.29, 1.82) is 0 Å². The number of hydrogen-bond donors (Lipinski definition) is 2. The predicted molar refractivity (Wildman–Crippen MR) is 91.2 cm³/mol. The third kappa shape index (κ3) is 3.79. The lowest BCUT2D eigenvalue weighted by Crippen LogP contribution is -2.33. The van der Waals surface area contributed by atoms with E-state index in [1.54, 1.807) is 6.20 Å². The Labute approximate surface area is 140 Å². The Hall–Kier alpha value is -2.14. The van der Waals surface area contributed by atoms with Crippen molar-refractivity contribution < 1.29 is 4.79 Å². The van der Waals surface area contributed by atoms with Crippen LogP contribution in [0.1, 0.15) is 41.7 Å². The Morgan fingerprint density at radius 3 is 2.70 bits per heavy atom. The summed E-state index contributed by atoms with van der Waals surface area (Å²) in [5.41, 5.74) is 2.15. The number of aromatic nitrogens is 2. The first-order valence-corrected chi connectivity index (χ1v) is 8.16. The van der Waals surface area contributed by atoms with Crippen LogP contribution < -0.4 is 10.6 Å². The van der Waals surface area contributed by atoms with Crippen LogP contribution in [-0.2, 0) is 0 Å². The molecular formula is C17H19ClN4O. The molecule has 1 amide bonds. The molecule has 1 aromatic heterocycles. The van der Waals surface area contributed by atoms with E-state index in [0.29, 0.717) is 16.5 Å². The average Bonchev–Trinajstić information content (AvgIpc) is 3.05. The quantitative estimate of drug-likeness (QED) is 0.893. The van der Waals surface area contributed by atoms with Crippen LogP contribution in [0.15, 0.2) is 30.6 Å². The summed E-state index contributed by atoms with van der Waals surface area (Å²) in [6.45, 7) is 1.93. The first kappa shape index (κ1) is 15.7. The summed E-state index contributed by atoms with van der Waals surface area (Å²) in [4.78, 5) is 20.6. The summed E-state index contributed by atoms with van der Waals surface area (Å²) in [5, 5.41) is 6.85. The molecule has 0 bridgehead atoms. The minimum Gasteiger partial charge on any atom is -0.348 e. The molecule has 1 fully saturated rings. The Bertz CT molecular complexity index is 696. The zero-order chi connectivity index (χ0) is 16.2. The number of benzene rings is 1. The number of anilines is 2. The number of nitrogens with one attached hydrogen (secondary N) is 2. The van der Waals surface area contributed by atoms with Gasteiger partial charge in [-0.05, 0) is 37.5 Å². The lowest BCUT2D eigenvalue weighted by molar-refractivity contribution is 0.0932. The zero-order valence-electron chi connectivity index (χ0n) is 13.0. The maximum absolute atomic E-state index is 12.1. The van der Waals surface area contributed by atoms with Crippen molar-refractivity contribution >= 4 is 29.0 Å². The zero-order valence-corrected chi connectivity index (χ0v) is 13.7. The van der Waals surface area contributed by atoms with Gasteiger partial charge in [-0.15, -0.1) is 0 Å². The van der Waals surface area contributed by atoms with E-state index in [4.69, 9.17) is 11.6 Å². The molecule has 1 heterocycles. The fourth-order valence-corrected chi connectivity index (χ4v) is 2.89. The van der Waals surface area contributed by atoms with Crippen molar-refractivity contribution in [3.05, 3.63) is 46.9 Å². The normalized spacial score (nSPS) is 14.7. The molecular weight excluding hydrogens is 312 g/mol. The van der Waals surface area contributed by atoms with Gasteiger partial charge in [0.2, 0.25) is 0 Å². The van der Waals surface area contributed by atoms with E-state index in [9.17, 15) is 4.79 Å². The van der Waals surface area contributed by atoms with Crippen molar-refractivity contribution in [2.24, 2.45) is 0 Å². The molecule has 6 heteroatoms. The Morgan fingerprint density at radius 2 is 2.00 bits per heavy atom. The molecule has 120 valence electrons. The number of carbonyl (C=O) groups excluding carboxylic acids is 1. The van der Waals surface area contributed by atoms with Gasteiger partial charge in [0.1, 0.15) is 11.5 Å². The molecule has 2 aromatic rings. The monoisotopic (exact) mass is 330 g/mol. The Kier molecular flexibility index (Phi) is 4.76. The van der Waals surface area contributed by atoms with E-state index in [1.165, 1.54) is 19.0 Å². The summed E-state index contributed by atoms with van der Waals surface area (Å²) in [7, 11) is 0. The van der Waals surface area contributed by atoms with Crippen LogP contribution in [0.5, 0.6) is 0 Å². The molecule has 23 heavy (non-hydrogen) atoms. The molecule has 0 unspecified atom stereocenters. The molecule has 2 N–H and O–H groups in total. The third-order valence-electron chi connectivity index (χ3n) is 4.11. The van der Waals surface area contributed by atoms with Gasteiger partial charge in [0.05, 0.1) is 12.4 Å². The van der Waals surface area contributed by atoms with Gasteiger partial charge in [0.15, 0.2) is 0 Å². The maximum atomic E-state index is 12.1. The molecule has 0 aliphatic heterocycles. The molecule has 1 aliphatic rings. The number of amides is 1. The van der Waals surface area contributed by atoms with Crippen LogP contribution in [0.3, 0.4) is 0 Å². The number of hydrogen-bond acceptors (Lipinski definition) is 4. The largest absolute Gasteiger partial charge is 0.348 e. The van der Waals surface area contributed by atoms with Crippen LogP contribution in [0.25, 0.3) is 0 Å². The summed E-state index contributed by atoms with van der Waals surface area (Å²) >= 11 is 6.10. The van der Waals surface area contributed by atoms with Gasteiger partial charge in [-0.3, -0.25) is 4.79 Å². The van der Waals surface area contributed by atoms with Gasteiger partial charge in [0, 0.05) is 16.8 Å². The fraction of sp³-hybridized carbons (Fsp3) is 0.353. The molecule has 1 saturated carbocycles. The molecule has 1 aliphatic carbocycles. The van der Waals surface area contributed by atoms with E-state index in [2.05, 4.69) is 20.6 Å². The van der Waals surface area contributed by atoms with Gasteiger partial charge < -0.3 is 10.6 Å². The van der Waals surface area contributed by atoms with Gasteiger partial charge in [-0.1, -0.05) is 30.5 Å². The highest BCUT2D eigenvalue weighted by atomic mass is 35.5. The second kappa shape index (κ2) is 6.96. The topological polar surface area (TPSA) is 66.9 Å². The Balaban J connectivity index is 1.66. The Morgan fingerprint density at radius 1 is 1.22 bits per heavy atom. The number of carbonyl (C=O) groups is 1. The van der Waals surface area contributed by atoms with Gasteiger partial charge >= 0.3 is 0 Å². The van der Waals surface area contributed by atoms with Gasteiger partial charge in [0.25, 0.3) is 5.91 Å². The minimum atomic E-state index is -0.158. The highest BCUT2D eigenvalue weighted by Gasteiger charge is 2.18. The first-order chi connectivity index (χ1) is 11.1. The highest BCUT2D eigenvalue weighted by Crippen LogP contribution is 2.25. The smallest absolute Gasteiger partial charge is 0.271 e. The van der Waals surface area contributed by atoms with Crippen LogP contribution >= 0.6 is 11.6 Å². The number of rotatable bonds is 4. The predicted octanol–water partition coefficient (Wildman–Crippen LogP) is 3.85. The van der Waals surface area contributed by atoms with Crippen molar-refractivity contribution in [3.8, 4) is 0 Å². The van der Waals surface area contributed by atoms with Crippen LogP contribution in [0.4, 0.5) is 11.5 Å². The average molecular weight is 331 g/mol. The van der Waals surface area contributed by atoms with Crippen LogP contribution in [0.2, 0.25) is 5.02 Å². The summed E-state index contributed by atoms with van der Waals surface area (Å²) < 4.78 is 0. The molecule has 5 nitrogen and oxygen atoms in total. The summed E-state index contributed by atoms with van der Waals surface area (Å²) in [5.74, 6) is 0.419. The van der Waals surface area contributed by atoms with Crippen LogP contribution in [-0.4, -0.2) is 21.9 Å². The molecule has 3 rings (SSSR count). The SMILES string of the molecule is Cc1c(Cl)cccc1Nc1cnc(C(=O)NC2CCCC2)cn1. The molecule has 0 spiro atoms. The molecule has 1 aromatic carbocycles. The second-order valence-electron chi connectivity index (χ2n) is 5.78. The first-order valence-electron chi connectivity index (χ1n) is 7.78. The molecule has 0 radical (unpaired) electrons. The van der Waals surface area contributed by atoms with Crippen LogP contribution in [0, 0.1) is 6.92 Å². The number of halogens is 1. The van der Waals surface area contributed by atoms with E-state index < -0.39 is 0 Å². The fourth-order valence-electron chi connectivity index (χ4n) is 2.72. The van der Waals surface area contributed by atoms with Gasteiger partial charge in [-0.2, -0.15) is 0 Å². The molecule has 0 atom stereocenters. The standard InChI is InChI=1S/C17H19ClN4O/c1-11-13(18)7-4-8-14(11)22-16-10-19-15(9-20-16)17(23)21-12-5-2-3-6-12/h4,7-10,12H,2-3,5-6H2,1H3,(H,20,22)(H,21,23). The lowest BCUT2D eigenvalue weighted by Gasteiger charge is -2.12. The summed E-state index contributed by atoms with van der Waals surface area (Å²) in [6.07, 6.45) is 7.51. The second-order valence-corrected chi connectivity index (χ2v) is 6.19. The maximum Gasteiger partial charge on any atom is 0.271 e. The van der Waals surface area contributed by atoms with Crippen molar-refractivity contribution in [1.82, 2.24) is 15.3 Å². The molecule has 0 saturated heterocycles. The summed E-state index contributed by atoms with van der Waals surface area (Å²) in [6, 6.07) is 5.90. The minimum absolute atomic E-state index is 0.158. The van der Waals surface area contributed by atoms with E-state index in [-0.39, 0.29) is 11.9 Å². The number of nitrogens with zero attached hydrogens (tertiary/aromatic N) is 2. The van der Waals surface area contributed by atoms with Crippen molar-refractivity contribution in [3.63, 3.8) is 0 Å². The van der Waals surface area contributed by atoms with Crippen molar-refractivity contribution in [2.75, 3.05) is 5.32 Å². The van der Waals surface area contributed by atoms with E-state index in [0.717, 1.165) is 24.1 Å². The lowest BCUT2D eigenvalue weighted by atomic mass is 10.2. The van der Waals surface area contributed by atoms with E-state index in [1.807, 2.05) is 25.1 Å².